The Morgan fingerprint density at radius 1 is 0.537 bits per heavy atom. The number of aromatic nitrogens is 2. The van der Waals surface area contributed by atoms with Gasteiger partial charge in [0, 0.05) is 5.92 Å². The first kappa shape index (κ1) is 35.6. The van der Waals surface area contributed by atoms with Crippen LogP contribution in [0.15, 0.2) is 49.1 Å². The zero-order chi connectivity index (χ0) is 29.1. The predicted octanol–water partition coefficient (Wildman–Crippen LogP) is 12.5. The maximum absolute atomic E-state index is 3.35. The van der Waals surface area contributed by atoms with Gasteiger partial charge in [0.15, 0.2) is 0 Å². The molecule has 0 aliphatic heterocycles. The Kier molecular flexibility index (Phi) is 22.7. The van der Waals surface area contributed by atoms with Crippen LogP contribution in [0.5, 0.6) is 0 Å². The highest BCUT2D eigenvalue weighted by Gasteiger charge is 2.26. The number of nitrogens with zero attached hydrogens (tertiary/aromatic N) is 1. The van der Waals surface area contributed by atoms with E-state index in [9.17, 15) is 0 Å². The Bertz CT molecular complexity index is 768. The zero-order valence-corrected chi connectivity index (χ0v) is 27.6. The first-order chi connectivity index (χ1) is 20.3. The van der Waals surface area contributed by atoms with Crippen LogP contribution < -0.4 is 4.57 Å². The fourth-order valence-corrected chi connectivity index (χ4v) is 6.75. The zero-order valence-electron chi connectivity index (χ0n) is 27.6. The molecule has 2 nitrogen and oxygen atoms in total. The van der Waals surface area contributed by atoms with Gasteiger partial charge in [-0.3, -0.25) is 4.98 Å². The van der Waals surface area contributed by atoms with Crippen molar-refractivity contribution in [1.29, 1.82) is 0 Å². The summed E-state index contributed by atoms with van der Waals surface area (Å²) in [4.78, 5) is 3.35. The van der Waals surface area contributed by atoms with Gasteiger partial charge in [0.25, 0.3) is 0 Å². The molecule has 2 aromatic rings. The van der Waals surface area contributed by atoms with Crippen molar-refractivity contribution in [3.63, 3.8) is 0 Å². The third kappa shape index (κ3) is 18.6. The van der Waals surface area contributed by atoms with E-state index < -0.39 is 0 Å². The average molecular weight is 566 g/mol. The molecule has 2 unspecified atom stereocenters. The maximum Gasteiger partial charge on any atom is 0.241 e. The molecule has 0 amide bonds. The van der Waals surface area contributed by atoms with Gasteiger partial charge >= 0.3 is 0 Å². The highest BCUT2D eigenvalue weighted by atomic mass is 15.1. The lowest BCUT2D eigenvalue weighted by Gasteiger charge is -2.25. The van der Waals surface area contributed by atoms with Gasteiger partial charge in [-0.1, -0.05) is 185 Å². The molecule has 0 radical (unpaired) electrons. The molecule has 0 saturated carbocycles. The average Bonchev–Trinajstić information content (AvgIpc) is 3.53. The van der Waals surface area contributed by atoms with E-state index >= 15 is 0 Å². The Morgan fingerprint density at radius 3 is 1.41 bits per heavy atom. The van der Waals surface area contributed by atoms with Gasteiger partial charge < -0.3 is 0 Å². The molecule has 1 aromatic carbocycles. The molecule has 1 heterocycles. The van der Waals surface area contributed by atoms with Crippen LogP contribution in [0.3, 0.4) is 0 Å². The summed E-state index contributed by atoms with van der Waals surface area (Å²) < 4.78 is 2.50. The monoisotopic (exact) mass is 566 g/mol. The topological polar surface area (TPSA) is 19.7 Å². The van der Waals surface area contributed by atoms with Gasteiger partial charge in [-0.25, -0.2) is 4.57 Å². The van der Waals surface area contributed by atoms with Crippen molar-refractivity contribution in [2.75, 3.05) is 0 Å². The van der Waals surface area contributed by atoms with Crippen LogP contribution in [0.4, 0.5) is 0 Å². The molecular formula is C39H69N2+. The molecule has 0 fully saturated rings. The normalized spacial score (nSPS) is 13.0. The number of hydrogen-bond donors (Lipinski definition) is 1. The smallest absolute Gasteiger partial charge is 0.241 e. The predicted molar refractivity (Wildman–Crippen MR) is 180 cm³/mol. The Morgan fingerprint density at radius 2 is 0.976 bits per heavy atom. The molecule has 0 spiro atoms. The van der Waals surface area contributed by atoms with Crippen molar-refractivity contribution in [3.05, 3.63) is 54.6 Å². The SMILES string of the molecule is CCCCCCCCCCCCCCCCCC(C(CCCCCCCCCC)Cc1ccccc1)[n+]1cc[nH]c1. The summed E-state index contributed by atoms with van der Waals surface area (Å²) in [7, 11) is 0. The van der Waals surface area contributed by atoms with Gasteiger partial charge in [-0.15, -0.1) is 0 Å². The van der Waals surface area contributed by atoms with E-state index in [1.807, 2.05) is 0 Å². The first-order valence-corrected chi connectivity index (χ1v) is 18.4. The van der Waals surface area contributed by atoms with E-state index in [0.29, 0.717) is 12.0 Å². The second-order valence-electron chi connectivity index (χ2n) is 13.1. The molecule has 41 heavy (non-hydrogen) atoms. The molecule has 0 aliphatic rings. The summed E-state index contributed by atoms with van der Waals surface area (Å²) in [6.45, 7) is 4.62. The summed E-state index contributed by atoms with van der Waals surface area (Å²) in [5.41, 5.74) is 1.51. The van der Waals surface area contributed by atoms with Crippen LogP contribution in [0.25, 0.3) is 0 Å². The minimum absolute atomic E-state index is 0.605. The molecule has 1 N–H and O–H groups in total. The van der Waals surface area contributed by atoms with Crippen LogP contribution >= 0.6 is 0 Å². The first-order valence-electron chi connectivity index (χ1n) is 18.4. The number of benzene rings is 1. The molecular weight excluding hydrogens is 496 g/mol. The van der Waals surface area contributed by atoms with E-state index in [2.05, 4.69) is 72.5 Å². The number of aromatic amines is 1. The lowest BCUT2D eigenvalue weighted by Crippen LogP contribution is -2.42. The highest BCUT2D eigenvalue weighted by molar-refractivity contribution is 5.15. The minimum Gasteiger partial charge on any atom is -0.250 e. The van der Waals surface area contributed by atoms with E-state index in [1.165, 1.54) is 173 Å². The summed E-state index contributed by atoms with van der Waals surface area (Å²) in [5, 5.41) is 0. The van der Waals surface area contributed by atoms with Gasteiger partial charge in [-0.2, -0.15) is 0 Å². The maximum atomic E-state index is 3.35. The summed E-state index contributed by atoms with van der Waals surface area (Å²) >= 11 is 0. The number of nitrogens with one attached hydrogen (secondary N) is 1. The lowest BCUT2D eigenvalue weighted by molar-refractivity contribution is -0.730. The number of H-pyrrole nitrogens is 1. The second-order valence-corrected chi connectivity index (χ2v) is 13.1. The van der Waals surface area contributed by atoms with E-state index in [-0.39, 0.29) is 0 Å². The molecule has 2 rings (SSSR count). The van der Waals surface area contributed by atoms with Crippen molar-refractivity contribution in [2.45, 2.75) is 187 Å². The number of rotatable bonds is 29. The van der Waals surface area contributed by atoms with Crippen molar-refractivity contribution < 1.29 is 4.57 Å². The van der Waals surface area contributed by atoms with E-state index in [4.69, 9.17) is 0 Å². The fraction of sp³-hybridized carbons (Fsp3) is 0.769. The molecule has 0 saturated heterocycles. The summed E-state index contributed by atoms with van der Waals surface area (Å²) in [6, 6.07) is 11.9. The third-order valence-electron chi connectivity index (χ3n) is 9.37. The molecule has 2 atom stereocenters. The highest BCUT2D eigenvalue weighted by Crippen LogP contribution is 2.29. The minimum atomic E-state index is 0.605. The lowest BCUT2D eigenvalue weighted by atomic mass is 9.84. The van der Waals surface area contributed by atoms with Crippen molar-refractivity contribution >= 4 is 0 Å². The van der Waals surface area contributed by atoms with Crippen LogP contribution in [0.1, 0.15) is 186 Å². The Balaban J connectivity index is 1.69. The van der Waals surface area contributed by atoms with Crippen molar-refractivity contribution in [3.8, 4) is 0 Å². The second kappa shape index (κ2) is 26.1. The molecule has 234 valence electrons. The quantitative estimate of drug-likeness (QED) is 0.0747. The van der Waals surface area contributed by atoms with Crippen LogP contribution in [-0.2, 0) is 6.42 Å². The van der Waals surface area contributed by atoms with Crippen LogP contribution in [0, 0.1) is 5.92 Å². The van der Waals surface area contributed by atoms with Gasteiger partial charge in [-0.05, 0) is 31.2 Å². The standard InChI is InChI=1S/C39H68N2/c1-3-5-7-9-11-13-14-15-16-17-18-19-21-23-28-32-39(41-34-33-40-36-41)38(35-37-29-25-24-26-30-37)31-27-22-20-12-10-8-6-4-2/h24-26,29-30,33-34,36,38-39H,3-23,27-28,31-32,35H2,1-2H3/p+1. The van der Waals surface area contributed by atoms with Crippen LogP contribution in [0.2, 0.25) is 0 Å². The van der Waals surface area contributed by atoms with Crippen molar-refractivity contribution in [1.82, 2.24) is 4.98 Å². The number of imidazole rings is 1. The van der Waals surface area contributed by atoms with Gasteiger partial charge in [0.2, 0.25) is 6.33 Å². The van der Waals surface area contributed by atoms with E-state index in [0.717, 1.165) is 0 Å². The Labute approximate surface area is 256 Å². The molecule has 1 aromatic heterocycles. The largest absolute Gasteiger partial charge is 0.250 e. The summed E-state index contributed by atoms with van der Waals surface area (Å²) in [5.74, 6) is 0.713. The van der Waals surface area contributed by atoms with E-state index in [1.54, 1.807) is 0 Å². The third-order valence-corrected chi connectivity index (χ3v) is 9.37. The van der Waals surface area contributed by atoms with Gasteiger partial charge in [0.1, 0.15) is 18.4 Å². The number of unbranched alkanes of at least 4 members (excludes halogenated alkanes) is 21. The Hall–Kier alpha value is -1.57. The van der Waals surface area contributed by atoms with Gasteiger partial charge in [0.05, 0.1) is 0 Å². The fourth-order valence-electron chi connectivity index (χ4n) is 6.75. The van der Waals surface area contributed by atoms with Crippen molar-refractivity contribution in [2.24, 2.45) is 5.92 Å². The molecule has 2 heteroatoms. The number of hydrogen-bond acceptors (Lipinski definition) is 0. The molecule has 0 bridgehead atoms. The molecule has 0 aliphatic carbocycles. The summed E-state index contributed by atoms with van der Waals surface area (Å²) in [6.07, 6.45) is 43.3. The van der Waals surface area contributed by atoms with Crippen LogP contribution in [-0.4, -0.2) is 4.98 Å².